The Labute approximate surface area is 162 Å². The van der Waals surface area contributed by atoms with Gasteiger partial charge in [0.25, 0.3) is 0 Å². The van der Waals surface area contributed by atoms with Gasteiger partial charge in [0.15, 0.2) is 0 Å². The quantitative estimate of drug-likeness (QED) is 0.682. The highest BCUT2D eigenvalue weighted by Gasteiger charge is 2.22. The Morgan fingerprint density at radius 3 is 2.29 bits per heavy atom. The zero-order valence-electron chi connectivity index (χ0n) is 15.8. The molecule has 0 unspecified atom stereocenters. The minimum Gasteiger partial charge on any atom is -0.497 e. The zero-order valence-corrected chi connectivity index (χ0v) is 15.8. The first-order chi connectivity index (χ1) is 13.5. The average Bonchev–Trinajstić information content (AvgIpc) is 3.13. The molecule has 0 saturated heterocycles. The van der Waals surface area contributed by atoms with Gasteiger partial charge in [0, 0.05) is 31.2 Å². The first-order valence-electron chi connectivity index (χ1n) is 8.53. The molecule has 0 spiro atoms. The second-order valence-corrected chi connectivity index (χ2v) is 6.08. The third kappa shape index (κ3) is 4.40. The number of ether oxygens (including phenoxy) is 2. The predicted octanol–water partition coefficient (Wildman–Crippen LogP) is 3.49. The fraction of sp³-hybridized carbons (Fsp3) is 0.200. The van der Waals surface area contributed by atoms with Crippen molar-refractivity contribution >= 4 is 11.7 Å². The summed E-state index contributed by atoms with van der Waals surface area (Å²) >= 11 is 0. The van der Waals surface area contributed by atoms with Crippen molar-refractivity contribution in [1.82, 2.24) is 14.9 Å². The van der Waals surface area contributed by atoms with E-state index in [1.807, 2.05) is 11.6 Å². The molecule has 7 nitrogen and oxygen atoms in total. The molecule has 8 heteroatoms. The first kappa shape index (κ1) is 19.2. The second kappa shape index (κ2) is 8.43. The summed E-state index contributed by atoms with van der Waals surface area (Å²) in [6, 6.07) is 9.86. The van der Waals surface area contributed by atoms with Crippen LogP contribution in [0.5, 0.6) is 11.5 Å². The Kier molecular flexibility index (Phi) is 5.78. The van der Waals surface area contributed by atoms with Crippen LogP contribution in [0.3, 0.4) is 0 Å². The summed E-state index contributed by atoms with van der Waals surface area (Å²) in [5.74, 6) is 1.44. The number of methoxy groups -OCH3 is 2. The van der Waals surface area contributed by atoms with Crippen LogP contribution in [-0.2, 0) is 7.05 Å². The Balaban J connectivity index is 1.91. The largest absolute Gasteiger partial charge is 0.497 e. The molecule has 3 aromatic rings. The van der Waals surface area contributed by atoms with Crippen molar-refractivity contribution in [1.29, 1.82) is 0 Å². The smallest absolute Gasteiger partial charge is 0.320 e. The molecule has 0 fully saturated rings. The van der Waals surface area contributed by atoms with E-state index in [0.717, 1.165) is 5.56 Å². The maximum atomic E-state index is 13.1. The minimum atomic E-state index is -0.565. The molecule has 0 aliphatic carbocycles. The van der Waals surface area contributed by atoms with E-state index in [4.69, 9.17) is 9.47 Å². The first-order valence-corrected chi connectivity index (χ1v) is 8.53. The summed E-state index contributed by atoms with van der Waals surface area (Å²) < 4.78 is 25.6. The number of aryl methyl sites for hydroxylation is 1. The highest BCUT2D eigenvalue weighted by Crippen LogP contribution is 2.29. The predicted molar refractivity (Wildman–Crippen MR) is 103 cm³/mol. The highest BCUT2D eigenvalue weighted by atomic mass is 19.1. The van der Waals surface area contributed by atoms with Gasteiger partial charge in [0.2, 0.25) is 0 Å². The molecule has 146 valence electrons. The van der Waals surface area contributed by atoms with Crippen LogP contribution in [0.1, 0.15) is 17.4 Å². The lowest BCUT2D eigenvalue weighted by Gasteiger charge is -2.21. The molecule has 1 aromatic heterocycles. The van der Waals surface area contributed by atoms with E-state index >= 15 is 0 Å². The molecular weight excluding hydrogens is 363 g/mol. The Bertz CT molecular complexity index is 934. The van der Waals surface area contributed by atoms with E-state index in [1.165, 1.54) is 24.3 Å². The Hall–Kier alpha value is -3.55. The van der Waals surface area contributed by atoms with Crippen LogP contribution in [-0.4, -0.2) is 29.8 Å². The molecule has 0 aliphatic heterocycles. The number of halogens is 1. The lowest BCUT2D eigenvalue weighted by Crippen LogP contribution is -2.34. The van der Waals surface area contributed by atoms with Gasteiger partial charge in [0.1, 0.15) is 29.2 Å². The van der Waals surface area contributed by atoms with Crippen molar-refractivity contribution in [2.24, 2.45) is 7.05 Å². The number of hydrogen-bond donors (Lipinski definition) is 2. The molecule has 0 radical (unpaired) electrons. The molecule has 1 atom stereocenters. The number of rotatable bonds is 6. The van der Waals surface area contributed by atoms with Gasteiger partial charge in [-0.1, -0.05) is 0 Å². The van der Waals surface area contributed by atoms with E-state index in [1.54, 1.807) is 44.8 Å². The van der Waals surface area contributed by atoms with Gasteiger partial charge in [-0.15, -0.1) is 0 Å². The van der Waals surface area contributed by atoms with Crippen LogP contribution in [0, 0.1) is 5.82 Å². The Morgan fingerprint density at radius 1 is 1.11 bits per heavy atom. The summed E-state index contributed by atoms with van der Waals surface area (Å²) in [4.78, 5) is 16.9. The van der Waals surface area contributed by atoms with Crippen LogP contribution in [0.2, 0.25) is 0 Å². The van der Waals surface area contributed by atoms with E-state index in [0.29, 0.717) is 23.0 Å². The summed E-state index contributed by atoms with van der Waals surface area (Å²) in [6.07, 6.45) is 3.44. The summed E-state index contributed by atoms with van der Waals surface area (Å²) in [7, 11) is 4.96. The molecule has 1 heterocycles. The third-order valence-corrected chi connectivity index (χ3v) is 4.20. The number of imidazole rings is 1. The topological polar surface area (TPSA) is 77.4 Å². The van der Waals surface area contributed by atoms with Crippen molar-refractivity contribution in [2.45, 2.75) is 6.04 Å². The van der Waals surface area contributed by atoms with E-state index < -0.39 is 12.1 Å². The SMILES string of the molecule is COc1cc(OC)cc([C@H](NC(=O)Nc2ccc(F)cc2)c2nccn2C)c1. The monoisotopic (exact) mass is 384 g/mol. The van der Waals surface area contributed by atoms with Crippen LogP contribution in [0.4, 0.5) is 14.9 Å². The number of hydrogen-bond acceptors (Lipinski definition) is 4. The molecule has 0 saturated carbocycles. The van der Waals surface area contributed by atoms with Gasteiger partial charge in [-0.2, -0.15) is 0 Å². The number of carbonyl (C=O) groups is 1. The minimum absolute atomic E-state index is 0.375. The fourth-order valence-electron chi connectivity index (χ4n) is 2.78. The summed E-state index contributed by atoms with van der Waals surface area (Å²) in [5, 5.41) is 5.60. The molecule has 2 amide bonds. The lowest BCUT2D eigenvalue weighted by molar-refractivity contribution is 0.249. The van der Waals surface area contributed by atoms with Gasteiger partial charge in [-0.25, -0.2) is 14.2 Å². The van der Waals surface area contributed by atoms with E-state index in [-0.39, 0.29) is 5.82 Å². The molecule has 2 N–H and O–H groups in total. The maximum Gasteiger partial charge on any atom is 0.320 e. The number of aromatic nitrogens is 2. The van der Waals surface area contributed by atoms with Crippen LogP contribution < -0.4 is 20.1 Å². The number of amides is 2. The molecule has 0 aliphatic rings. The standard InChI is InChI=1S/C20H21FN4O3/c1-25-9-8-22-19(25)18(13-10-16(27-2)12-17(11-13)28-3)24-20(26)23-15-6-4-14(21)5-7-15/h4-12,18H,1-3H3,(H2,23,24,26)/t18-/m0/s1. The average molecular weight is 384 g/mol. The lowest BCUT2D eigenvalue weighted by atomic mass is 10.1. The molecule has 3 rings (SSSR count). The van der Waals surface area contributed by atoms with Crippen LogP contribution in [0.15, 0.2) is 54.9 Å². The van der Waals surface area contributed by atoms with Gasteiger partial charge in [-0.05, 0) is 42.0 Å². The zero-order chi connectivity index (χ0) is 20.1. The number of nitrogens with zero attached hydrogens (tertiary/aromatic N) is 2. The third-order valence-electron chi connectivity index (χ3n) is 4.20. The molecule has 2 aromatic carbocycles. The number of carbonyl (C=O) groups excluding carboxylic acids is 1. The van der Waals surface area contributed by atoms with Crippen LogP contribution in [0.25, 0.3) is 0 Å². The van der Waals surface area contributed by atoms with Crippen molar-refractivity contribution < 1.29 is 18.7 Å². The van der Waals surface area contributed by atoms with E-state index in [2.05, 4.69) is 15.6 Å². The fourth-order valence-corrected chi connectivity index (χ4v) is 2.78. The molecule has 28 heavy (non-hydrogen) atoms. The molecular formula is C20H21FN4O3. The van der Waals surface area contributed by atoms with Gasteiger partial charge >= 0.3 is 6.03 Å². The number of nitrogens with one attached hydrogen (secondary N) is 2. The second-order valence-electron chi connectivity index (χ2n) is 6.08. The van der Waals surface area contributed by atoms with Gasteiger partial charge < -0.3 is 24.7 Å². The van der Waals surface area contributed by atoms with Crippen molar-refractivity contribution in [3.63, 3.8) is 0 Å². The summed E-state index contributed by atoms with van der Waals surface area (Å²) in [5.41, 5.74) is 1.21. The van der Waals surface area contributed by atoms with Gasteiger partial charge in [0.05, 0.1) is 14.2 Å². The van der Waals surface area contributed by atoms with Crippen LogP contribution >= 0.6 is 0 Å². The van der Waals surface area contributed by atoms with Crippen molar-refractivity contribution in [3.8, 4) is 11.5 Å². The van der Waals surface area contributed by atoms with Crippen molar-refractivity contribution in [3.05, 3.63) is 72.1 Å². The maximum absolute atomic E-state index is 13.1. The normalized spacial score (nSPS) is 11.6. The van der Waals surface area contributed by atoms with E-state index in [9.17, 15) is 9.18 Å². The Morgan fingerprint density at radius 2 is 1.75 bits per heavy atom. The number of anilines is 1. The van der Waals surface area contributed by atoms with Crippen molar-refractivity contribution in [2.75, 3.05) is 19.5 Å². The number of benzene rings is 2. The highest BCUT2D eigenvalue weighted by molar-refractivity contribution is 5.89. The van der Waals surface area contributed by atoms with Gasteiger partial charge in [-0.3, -0.25) is 0 Å². The number of urea groups is 1. The molecule has 0 bridgehead atoms. The summed E-state index contributed by atoms with van der Waals surface area (Å²) in [6.45, 7) is 0.